The molecule has 0 aliphatic heterocycles. The van der Waals surface area contributed by atoms with E-state index >= 15 is 0 Å². The molecule has 0 spiro atoms. The van der Waals surface area contributed by atoms with Crippen LogP contribution in [0.4, 0.5) is 0 Å². The molecule has 2 unspecified atom stereocenters. The lowest BCUT2D eigenvalue weighted by atomic mass is 10.2. The van der Waals surface area contributed by atoms with E-state index in [0.29, 0.717) is 6.42 Å². The highest BCUT2D eigenvalue weighted by atomic mass is 32.2. The van der Waals surface area contributed by atoms with Crippen molar-refractivity contribution in [2.45, 2.75) is 37.4 Å². The Bertz CT molecular complexity index is 439. The topological polar surface area (TPSA) is 84.2 Å². The minimum atomic E-state index is -3.55. The van der Waals surface area contributed by atoms with Crippen molar-refractivity contribution >= 4 is 10.0 Å². The van der Waals surface area contributed by atoms with Crippen molar-refractivity contribution in [2.24, 2.45) is 7.05 Å². The van der Waals surface area contributed by atoms with Gasteiger partial charge in [-0.25, -0.2) is 13.1 Å². The highest BCUT2D eigenvalue weighted by Gasteiger charge is 2.20. The summed E-state index contributed by atoms with van der Waals surface area (Å²) in [6, 6.07) is 1.11. The Labute approximate surface area is 95.3 Å². The van der Waals surface area contributed by atoms with Crippen LogP contribution in [0.2, 0.25) is 0 Å². The number of aliphatic hydroxyl groups is 1. The Hall–Kier alpha value is -0.920. The number of hydrogen-bond donors (Lipinski definition) is 2. The summed E-state index contributed by atoms with van der Waals surface area (Å²) < 4.78 is 27.5. The summed E-state index contributed by atoms with van der Waals surface area (Å²) in [5, 5.41) is 13.1. The first-order valence-electron chi connectivity index (χ1n) is 5.01. The normalized spacial score (nSPS) is 16.0. The van der Waals surface area contributed by atoms with Gasteiger partial charge in [0.25, 0.3) is 10.0 Å². The van der Waals surface area contributed by atoms with E-state index in [1.165, 1.54) is 16.9 Å². The zero-order valence-corrected chi connectivity index (χ0v) is 10.4. The molecule has 2 N–H and O–H groups in total. The minimum absolute atomic E-state index is 0.116. The second kappa shape index (κ2) is 4.94. The van der Waals surface area contributed by atoms with Gasteiger partial charge in [0.1, 0.15) is 0 Å². The van der Waals surface area contributed by atoms with Crippen LogP contribution in [0, 0.1) is 0 Å². The number of aromatic nitrogens is 2. The second-order valence-electron chi connectivity index (χ2n) is 3.90. The summed E-state index contributed by atoms with van der Waals surface area (Å²) in [4.78, 5) is 0. The number of hydrogen-bond acceptors (Lipinski definition) is 4. The van der Waals surface area contributed by atoms with E-state index in [4.69, 9.17) is 5.11 Å². The van der Waals surface area contributed by atoms with Crippen LogP contribution in [0.25, 0.3) is 0 Å². The van der Waals surface area contributed by atoms with Gasteiger partial charge < -0.3 is 5.11 Å². The van der Waals surface area contributed by atoms with Gasteiger partial charge in [-0.2, -0.15) is 5.10 Å². The van der Waals surface area contributed by atoms with Gasteiger partial charge in [-0.1, -0.05) is 0 Å². The summed E-state index contributed by atoms with van der Waals surface area (Å²) >= 11 is 0. The van der Waals surface area contributed by atoms with Crippen molar-refractivity contribution < 1.29 is 13.5 Å². The lowest BCUT2D eigenvalue weighted by Crippen LogP contribution is -2.35. The molecule has 7 heteroatoms. The molecule has 2 atom stereocenters. The van der Waals surface area contributed by atoms with Crippen LogP contribution in [0.5, 0.6) is 0 Å². The molecule has 6 nitrogen and oxygen atoms in total. The van der Waals surface area contributed by atoms with Crippen LogP contribution in [-0.2, 0) is 17.1 Å². The third-order valence-corrected chi connectivity index (χ3v) is 3.77. The number of aliphatic hydroxyl groups excluding tert-OH is 1. The Morgan fingerprint density at radius 3 is 2.62 bits per heavy atom. The zero-order valence-electron chi connectivity index (χ0n) is 9.58. The fourth-order valence-electron chi connectivity index (χ4n) is 1.51. The summed E-state index contributed by atoms with van der Waals surface area (Å²) in [6.45, 7) is 3.33. The van der Waals surface area contributed by atoms with Gasteiger partial charge in [-0.15, -0.1) is 0 Å². The van der Waals surface area contributed by atoms with E-state index in [0.717, 1.165) is 0 Å². The Morgan fingerprint density at radius 2 is 2.19 bits per heavy atom. The second-order valence-corrected chi connectivity index (χ2v) is 5.56. The van der Waals surface area contributed by atoms with Gasteiger partial charge in [0.05, 0.1) is 12.3 Å². The number of nitrogens with zero attached hydrogens (tertiary/aromatic N) is 2. The highest BCUT2D eigenvalue weighted by Crippen LogP contribution is 2.08. The van der Waals surface area contributed by atoms with Crippen molar-refractivity contribution in [1.82, 2.24) is 14.5 Å². The number of nitrogens with one attached hydrogen (secondary N) is 1. The molecule has 1 aromatic heterocycles. The average molecular weight is 247 g/mol. The lowest BCUT2D eigenvalue weighted by Gasteiger charge is -2.15. The average Bonchev–Trinajstić information content (AvgIpc) is 2.48. The lowest BCUT2D eigenvalue weighted by molar-refractivity contribution is 0.175. The van der Waals surface area contributed by atoms with Crippen molar-refractivity contribution in [3.63, 3.8) is 0 Å². The molecule has 0 aromatic carbocycles. The van der Waals surface area contributed by atoms with E-state index < -0.39 is 16.1 Å². The van der Waals surface area contributed by atoms with Gasteiger partial charge in [-0.3, -0.25) is 4.68 Å². The monoisotopic (exact) mass is 247 g/mol. The first-order valence-corrected chi connectivity index (χ1v) is 6.49. The molecule has 0 fully saturated rings. The van der Waals surface area contributed by atoms with Crippen LogP contribution in [0.1, 0.15) is 20.3 Å². The molecule has 0 bridgehead atoms. The maximum atomic E-state index is 11.9. The maximum absolute atomic E-state index is 11.9. The summed E-state index contributed by atoms with van der Waals surface area (Å²) in [6.07, 6.45) is 1.26. The van der Waals surface area contributed by atoms with E-state index in [1.807, 2.05) is 0 Å². The third-order valence-electron chi connectivity index (χ3n) is 2.10. The fourth-order valence-corrected chi connectivity index (χ4v) is 2.89. The molecule has 0 aliphatic carbocycles. The summed E-state index contributed by atoms with van der Waals surface area (Å²) in [5.74, 6) is 0. The third kappa shape index (κ3) is 3.29. The molecule has 0 saturated heterocycles. The molecular weight excluding hydrogens is 230 g/mol. The van der Waals surface area contributed by atoms with Gasteiger partial charge in [0.2, 0.25) is 0 Å². The van der Waals surface area contributed by atoms with Gasteiger partial charge in [0.15, 0.2) is 5.03 Å². The quantitative estimate of drug-likeness (QED) is 0.758. The fraction of sp³-hybridized carbons (Fsp3) is 0.667. The maximum Gasteiger partial charge on any atom is 0.257 e. The zero-order chi connectivity index (χ0) is 12.3. The summed E-state index contributed by atoms with van der Waals surface area (Å²) in [5.41, 5.74) is 0. The van der Waals surface area contributed by atoms with Crippen molar-refractivity contribution in [1.29, 1.82) is 0 Å². The van der Waals surface area contributed by atoms with Crippen molar-refractivity contribution in [3.8, 4) is 0 Å². The van der Waals surface area contributed by atoms with Gasteiger partial charge >= 0.3 is 0 Å². The molecule has 1 rings (SSSR count). The number of aryl methyl sites for hydroxylation is 1. The Morgan fingerprint density at radius 1 is 1.56 bits per heavy atom. The first-order chi connectivity index (χ1) is 7.33. The molecule has 0 amide bonds. The predicted molar refractivity (Wildman–Crippen MR) is 59.3 cm³/mol. The van der Waals surface area contributed by atoms with Gasteiger partial charge in [-0.05, 0) is 26.3 Å². The minimum Gasteiger partial charge on any atom is -0.393 e. The predicted octanol–water partition coefficient (Wildman–Crippen LogP) is -0.142. The molecule has 0 radical (unpaired) electrons. The van der Waals surface area contributed by atoms with E-state index in [2.05, 4.69) is 9.82 Å². The van der Waals surface area contributed by atoms with Crippen LogP contribution in [-0.4, -0.2) is 35.5 Å². The van der Waals surface area contributed by atoms with E-state index in [1.54, 1.807) is 20.9 Å². The van der Waals surface area contributed by atoms with Crippen LogP contribution in [0.15, 0.2) is 17.3 Å². The highest BCUT2D eigenvalue weighted by molar-refractivity contribution is 7.89. The van der Waals surface area contributed by atoms with Crippen LogP contribution >= 0.6 is 0 Å². The van der Waals surface area contributed by atoms with Crippen LogP contribution in [0.3, 0.4) is 0 Å². The molecule has 1 heterocycles. The first kappa shape index (κ1) is 13.1. The SMILES string of the molecule is CC(O)CC(C)NS(=O)(=O)c1ccnn1C. The largest absolute Gasteiger partial charge is 0.393 e. The summed E-state index contributed by atoms with van der Waals surface area (Å²) in [7, 11) is -1.99. The number of rotatable bonds is 5. The molecule has 0 saturated carbocycles. The Kier molecular flexibility index (Phi) is 4.06. The molecule has 16 heavy (non-hydrogen) atoms. The van der Waals surface area contributed by atoms with Gasteiger partial charge in [0, 0.05) is 13.1 Å². The van der Waals surface area contributed by atoms with Crippen molar-refractivity contribution in [3.05, 3.63) is 12.3 Å². The molecule has 0 aliphatic rings. The van der Waals surface area contributed by atoms with E-state index in [9.17, 15) is 8.42 Å². The van der Waals surface area contributed by atoms with E-state index in [-0.39, 0.29) is 11.1 Å². The smallest absolute Gasteiger partial charge is 0.257 e. The standard InChI is InChI=1S/C9H17N3O3S/c1-7(6-8(2)13)11-16(14,15)9-4-5-10-12(9)3/h4-5,7-8,11,13H,6H2,1-3H3. The Balaban J connectivity index is 2.77. The van der Waals surface area contributed by atoms with Crippen LogP contribution < -0.4 is 4.72 Å². The molecule has 92 valence electrons. The number of sulfonamides is 1. The molecule has 1 aromatic rings. The molecular formula is C9H17N3O3S. The van der Waals surface area contributed by atoms with Crippen molar-refractivity contribution in [2.75, 3.05) is 0 Å².